The number of rotatable bonds is 5. The van der Waals surface area contributed by atoms with Crippen LogP contribution < -0.4 is 5.43 Å². The molecular formula is C20H20N4O3. The SMILES string of the molecule is Cc1c(C(=O)N/N=C\c2ccc(C(C)C)cc2)[nH]c2ccc([N+](=O)[O-])cc12. The summed E-state index contributed by atoms with van der Waals surface area (Å²) in [7, 11) is 0. The van der Waals surface area contributed by atoms with E-state index in [1.54, 1.807) is 19.2 Å². The summed E-state index contributed by atoms with van der Waals surface area (Å²) < 4.78 is 0. The number of hydrogen-bond acceptors (Lipinski definition) is 4. The number of hydrogen-bond donors (Lipinski definition) is 2. The number of carbonyl (C=O) groups excluding carboxylic acids is 1. The Kier molecular flexibility index (Phi) is 5.03. The number of hydrazone groups is 1. The number of amides is 1. The molecule has 1 heterocycles. The monoisotopic (exact) mass is 364 g/mol. The Balaban J connectivity index is 1.76. The Morgan fingerprint density at radius 3 is 2.56 bits per heavy atom. The van der Waals surface area contributed by atoms with Crippen molar-refractivity contribution < 1.29 is 9.72 Å². The average molecular weight is 364 g/mol. The van der Waals surface area contributed by atoms with Gasteiger partial charge in [-0.05, 0) is 35.6 Å². The van der Waals surface area contributed by atoms with Crippen molar-refractivity contribution >= 4 is 28.7 Å². The number of carbonyl (C=O) groups is 1. The Hall–Kier alpha value is -3.48. The summed E-state index contributed by atoms with van der Waals surface area (Å²) in [5.41, 5.74) is 6.22. The van der Waals surface area contributed by atoms with Crippen molar-refractivity contribution in [2.45, 2.75) is 26.7 Å². The highest BCUT2D eigenvalue weighted by atomic mass is 16.6. The van der Waals surface area contributed by atoms with Crippen LogP contribution in [0.3, 0.4) is 0 Å². The Morgan fingerprint density at radius 2 is 1.93 bits per heavy atom. The molecule has 0 aliphatic heterocycles. The molecule has 0 unspecified atom stereocenters. The van der Waals surface area contributed by atoms with Gasteiger partial charge in [0.1, 0.15) is 5.69 Å². The Bertz CT molecular complexity index is 1030. The number of aromatic amines is 1. The van der Waals surface area contributed by atoms with Crippen molar-refractivity contribution in [1.29, 1.82) is 0 Å². The van der Waals surface area contributed by atoms with Crippen LogP contribution in [0.1, 0.15) is 46.9 Å². The summed E-state index contributed by atoms with van der Waals surface area (Å²) in [6.07, 6.45) is 1.57. The van der Waals surface area contributed by atoms with Gasteiger partial charge < -0.3 is 4.98 Å². The van der Waals surface area contributed by atoms with Gasteiger partial charge in [0.15, 0.2) is 0 Å². The molecular weight excluding hydrogens is 344 g/mol. The highest BCUT2D eigenvalue weighted by molar-refractivity contribution is 6.01. The predicted octanol–water partition coefficient (Wildman–Crippen LogP) is 4.27. The maximum absolute atomic E-state index is 12.4. The topological polar surface area (TPSA) is 100 Å². The first kappa shape index (κ1) is 18.3. The van der Waals surface area contributed by atoms with Gasteiger partial charge in [-0.1, -0.05) is 38.1 Å². The van der Waals surface area contributed by atoms with Crippen LogP contribution in [-0.2, 0) is 0 Å². The molecule has 0 fully saturated rings. The van der Waals surface area contributed by atoms with E-state index in [0.29, 0.717) is 28.1 Å². The fourth-order valence-electron chi connectivity index (χ4n) is 2.84. The fourth-order valence-corrected chi connectivity index (χ4v) is 2.84. The van der Waals surface area contributed by atoms with Gasteiger partial charge in [-0.2, -0.15) is 5.10 Å². The molecule has 27 heavy (non-hydrogen) atoms. The Morgan fingerprint density at radius 1 is 1.22 bits per heavy atom. The van der Waals surface area contributed by atoms with E-state index in [1.165, 1.54) is 17.7 Å². The molecule has 3 aromatic rings. The van der Waals surface area contributed by atoms with Gasteiger partial charge in [-0.15, -0.1) is 0 Å². The Labute approximate surface area is 156 Å². The van der Waals surface area contributed by atoms with E-state index in [1.807, 2.05) is 24.3 Å². The standard InChI is InChI=1S/C20H20N4O3/c1-12(2)15-6-4-14(5-7-15)11-21-23-20(25)19-13(3)17-10-16(24(26)27)8-9-18(17)22-19/h4-12,22H,1-3H3,(H,23,25)/b21-11-. The largest absolute Gasteiger partial charge is 0.350 e. The molecule has 1 amide bonds. The molecule has 2 N–H and O–H groups in total. The van der Waals surface area contributed by atoms with Crippen LogP contribution in [-0.4, -0.2) is 22.0 Å². The van der Waals surface area contributed by atoms with Crippen LogP contribution in [0, 0.1) is 17.0 Å². The second kappa shape index (κ2) is 7.41. The van der Waals surface area contributed by atoms with Gasteiger partial charge in [0.25, 0.3) is 11.6 Å². The molecule has 3 rings (SSSR count). The zero-order valence-electron chi connectivity index (χ0n) is 15.3. The van der Waals surface area contributed by atoms with Crippen molar-refractivity contribution in [2.24, 2.45) is 5.10 Å². The van der Waals surface area contributed by atoms with E-state index in [4.69, 9.17) is 0 Å². The lowest BCUT2D eigenvalue weighted by atomic mass is 10.0. The number of fused-ring (bicyclic) bond motifs is 1. The van der Waals surface area contributed by atoms with Crippen molar-refractivity contribution in [1.82, 2.24) is 10.4 Å². The summed E-state index contributed by atoms with van der Waals surface area (Å²) in [5.74, 6) is 0.0536. The van der Waals surface area contributed by atoms with E-state index < -0.39 is 10.8 Å². The molecule has 1 aromatic heterocycles. The lowest BCUT2D eigenvalue weighted by molar-refractivity contribution is -0.384. The third kappa shape index (κ3) is 3.87. The van der Waals surface area contributed by atoms with Crippen molar-refractivity contribution in [3.05, 3.63) is 75.0 Å². The molecule has 0 radical (unpaired) electrons. The first-order valence-corrected chi connectivity index (χ1v) is 8.57. The van der Waals surface area contributed by atoms with E-state index in [-0.39, 0.29) is 5.69 Å². The van der Waals surface area contributed by atoms with Crippen LogP contribution in [0.15, 0.2) is 47.6 Å². The third-order valence-corrected chi connectivity index (χ3v) is 4.46. The molecule has 138 valence electrons. The number of aryl methyl sites for hydroxylation is 1. The first-order chi connectivity index (χ1) is 12.9. The van der Waals surface area contributed by atoms with Crippen molar-refractivity contribution in [3.8, 4) is 0 Å². The van der Waals surface area contributed by atoms with Crippen molar-refractivity contribution in [3.63, 3.8) is 0 Å². The number of nitrogens with zero attached hydrogens (tertiary/aromatic N) is 2. The van der Waals surface area contributed by atoms with Crippen LogP contribution in [0.4, 0.5) is 5.69 Å². The summed E-state index contributed by atoms with van der Waals surface area (Å²) in [6.45, 7) is 5.99. The number of nitrogens with one attached hydrogen (secondary N) is 2. The van der Waals surface area contributed by atoms with Gasteiger partial charge in [0.2, 0.25) is 0 Å². The average Bonchev–Trinajstić information content (AvgIpc) is 2.98. The molecule has 0 saturated carbocycles. The van der Waals surface area contributed by atoms with Crippen LogP contribution in [0.5, 0.6) is 0 Å². The van der Waals surface area contributed by atoms with Gasteiger partial charge in [0, 0.05) is 23.0 Å². The van der Waals surface area contributed by atoms with Crippen LogP contribution in [0.2, 0.25) is 0 Å². The van der Waals surface area contributed by atoms with Crippen molar-refractivity contribution in [2.75, 3.05) is 0 Å². The normalized spacial score (nSPS) is 11.4. The second-order valence-electron chi connectivity index (χ2n) is 6.63. The van der Waals surface area contributed by atoms with Crippen LogP contribution in [0.25, 0.3) is 10.9 Å². The van der Waals surface area contributed by atoms with Gasteiger partial charge in [-0.3, -0.25) is 14.9 Å². The fraction of sp³-hybridized carbons (Fsp3) is 0.200. The number of benzene rings is 2. The third-order valence-electron chi connectivity index (χ3n) is 4.46. The lowest BCUT2D eigenvalue weighted by Gasteiger charge is -2.04. The predicted molar refractivity (Wildman–Crippen MR) is 105 cm³/mol. The molecule has 7 nitrogen and oxygen atoms in total. The zero-order chi connectivity index (χ0) is 19.6. The van der Waals surface area contributed by atoms with Crippen LogP contribution >= 0.6 is 0 Å². The molecule has 0 aliphatic carbocycles. The minimum absolute atomic E-state index is 0.0144. The molecule has 7 heteroatoms. The maximum Gasteiger partial charge on any atom is 0.288 e. The zero-order valence-corrected chi connectivity index (χ0v) is 15.3. The smallest absolute Gasteiger partial charge is 0.288 e. The minimum atomic E-state index is -0.458. The number of aromatic nitrogens is 1. The number of non-ortho nitro benzene ring substituents is 1. The molecule has 0 aliphatic rings. The molecule has 0 atom stereocenters. The second-order valence-corrected chi connectivity index (χ2v) is 6.63. The van der Waals surface area contributed by atoms with Gasteiger partial charge in [0.05, 0.1) is 11.1 Å². The highest BCUT2D eigenvalue weighted by Crippen LogP contribution is 2.26. The summed E-state index contributed by atoms with van der Waals surface area (Å²) >= 11 is 0. The van der Waals surface area contributed by atoms with Gasteiger partial charge >= 0.3 is 0 Å². The van der Waals surface area contributed by atoms with E-state index in [2.05, 4.69) is 29.4 Å². The maximum atomic E-state index is 12.4. The number of H-pyrrole nitrogens is 1. The molecule has 0 saturated heterocycles. The molecule has 0 spiro atoms. The first-order valence-electron chi connectivity index (χ1n) is 8.57. The summed E-state index contributed by atoms with van der Waals surface area (Å²) in [6, 6.07) is 12.4. The number of nitro groups is 1. The molecule has 2 aromatic carbocycles. The quantitative estimate of drug-likeness (QED) is 0.401. The molecule has 0 bridgehead atoms. The van der Waals surface area contributed by atoms with E-state index >= 15 is 0 Å². The number of nitro benzene ring substituents is 1. The summed E-state index contributed by atoms with van der Waals surface area (Å²) in [4.78, 5) is 25.9. The lowest BCUT2D eigenvalue weighted by Crippen LogP contribution is -2.18. The van der Waals surface area contributed by atoms with E-state index in [9.17, 15) is 14.9 Å². The summed E-state index contributed by atoms with van der Waals surface area (Å²) in [5, 5.41) is 15.6. The van der Waals surface area contributed by atoms with E-state index in [0.717, 1.165) is 5.56 Å². The minimum Gasteiger partial charge on any atom is -0.350 e. The van der Waals surface area contributed by atoms with Gasteiger partial charge in [-0.25, -0.2) is 5.43 Å². The highest BCUT2D eigenvalue weighted by Gasteiger charge is 2.16.